The van der Waals surface area contributed by atoms with Crippen LogP contribution in [0.1, 0.15) is 30.1 Å². The van der Waals surface area contributed by atoms with Gasteiger partial charge in [0.2, 0.25) is 11.8 Å². The van der Waals surface area contributed by atoms with Crippen LogP contribution in [0.15, 0.2) is 18.2 Å². The number of rotatable bonds is 4. The molecule has 1 heterocycles. The first-order valence-electron chi connectivity index (χ1n) is 8.53. The maximum Gasteiger partial charge on any atom is 0.257 e. The standard InChI is InChI=1S/C18H23N3O4/c1-12(22)19-14-5-6-16(25-2)15(11-14)18(24)21-9-7-20(8-10-21)17(23)13-3-4-13/h5-6,11,13H,3-4,7-10H2,1-2H3,(H,19,22). The van der Waals surface area contributed by atoms with Crippen molar-refractivity contribution in [3.05, 3.63) is 23.8 Å². The molecule has 1 N–H and O–H groups in total. The van der Waals surface area contributed by atoms with E-state index < -0.39 is 0 Å². The number of hydrogen-bond donors (Lipinski definition) is 1. The Labute approximate surface area is 146 Å². The number of nitrogens with zero attached hydrogens (tertiary/aromatic N) is 2. The molecule has 1 aromatic rings. The molecule has 0 atom stereocenters. The molecule has 1 aromatic carbocycles. The third-order valence-corrected chi connectivity index (χ3v) is 4.56. The van der Waals surface area contributed by atoms with Gasteiger partial charge in [-0.2, -0.15) is 0 Å². The number of nitrogens with one attached hydrogen (secondary N) is 1. The van der Waals surface area contributed by atoms with Crippen molar-refractivity contribution in [2.75, 3.05) is 38.6 Å². The lowest BCUT2D eigenvalue weighted by molar-refractivity contribution is -0.134. The van der Waals surface area contributed by atoms with E-state index in [-0.39, 0.29) is 23.6 Å². The molecule has 0 radical (unpaired) electrons. The fourth-order valence-corrected chi connectivity index (χ4v) is 3.04. The van der Waals surface area contributed by atoms with Gasteiger partial charge in [-0.1, -0.05) is 0 Å². The Balaban J connectivity index is 1.69. The zero-order chi connectivity index (χ0) is 18.0. The predicted molar refractivity (Wildman–Crippen MR) is 92.5 cm³/mol. The van der Waals surface area contributed by atoms with Gasteiger partial charge < -0.3 is 19.9 Å². The van der Waals surface area contributed by atoms with Crippen LogP contribution in [0.5, 0.6) is 5.75 Å². The van der Waals surface area contributed by atoms with Crippen LogP contribution in [-0.2, 0) is 9.59 Å². The fourth-order valence-electron chi connectivity index (χ4n) is 3.04. The van der Waals surface area contributed by atoms with E-state index in [9.17, 15) is 14.4 Å². The average molecular weight is 345 g/mol. The molecular weight excluding hydrogens is 322 g/mol. The minimum Gasteiger partial charge on any atom is -0.496 e. The zero-order valence-electron chi connectivity index (χ0n) is 14.6. The number of carbonyl (C=O) groups is 3. The minimum atomic E-state index is -0.198. The summed E-state index contributed by atoms with van der Waals surface area (Å²) < 4.78 is 5.29. The van der Waals surface area contributed by atoms with Crippen LogP contribution in [-0.4, -0.2) is 60.8 Å². The summed E-state index contributed by atoms with van der Waals surface area (Å²) >= 11 is 0. The quantitative estimate of drug-likeness (QED) is 0.893. The van der Waals surface area contributed by atoms with Gasteiger partial charge in [0.1, 0.15) is 5.75 Å². The lowest BCUT2D eigenvalue weighted by atomic mass is 10.1. The number of methoxy groups -OCH3 is 1. The van der Waals surface area contributed by atoms with Crippen LogP contribution in [0.3, 0.4) is 0 Å². The summed E-state index contributed by atoms with van der Waals surface area (Å²) in [6.07, 6.45) is 1.98. The minimum absolute atomic E-state index is 0.150. The van der Waals surface area contributed by atoms with E-state index in [1.54, 1.807) is 23.1 Å². The van der Waals surface area contributed by atoms with Crippen molar-refractivity contribution in [3.8, 4) is 5.75 Å². The summed E-state index contributed by atoms with van der Waals surface area (Å²) in [6, 6.07) is 5.00. The third-order valence-electron chi connectivity index (χ3n) is 4.56. The Kier molecular flexibility index (Phi) is 4.92. The van der Waals surface area contributed by atoms with Crippen molar-refractivity contribution in [2.45, 2.75) is 19.8 Å². The van der Waals surface area contributed by atoms with Crippen molar-refractivity contribution in [2.24, 2.45) is 5.92 Å². The summed E-state index contributed by atoms with van der Waals surface area (Å²) in [6.45, 7) is 3.56. The van der Waals surface area contributed by atoms with Crippen LogP contribution in [0.25, 0.3) is 0 Å². The molecule has 134 valence electrons. The van der Waals surface area contributed by atoms with E-state index in [0.717, 1.165) is 12.8 Å². The van der Waals surface area contributed by atoms with E-state index in [4.69, 9.17) is 4.74 Å². The Morgan fingerprint density at radius 1 is 1.08 bits per heavy atom. The molecule has 1 saturated heterocycles. The van der Waals surface area contributed by atoms with Crippen molar-refractivity contribution in [3.63, 3.8) is 0 Å². The topological polar surface area (TPSA) is 79.0 Å². The molecule has 0 aromatic heterocycles. The molecular formula is C18H23N3O4. The molecule has 3 rings (SSSR count). The van der Waals surface area contributed by atoms with Gasteiger partial charge in [0.15, 0.2) is 0 Å². The molecule has 1 aliphatic heterocycles. The van der Waals surface area contributed by atoms with Crippen LogP contribution in [0.2, 0.25) is 0 Å². The largest absolute Gasteiger partial charge is 0.496 e. The van der Waals surface area contributed by atoms with Crippen LogP contribution in [0, 0.1) is 5.92 Å². The summed E-state index contributed by atoms with van der Waals surface area (Å²) in [4.78, 5) is 39.8. The lowest BCUT2D eigenvalue weighted by Crippen LogP contribution is -2.51. The fraction of sp³-hybridized carbons (Fsp3) is 0.500. The van der Waals surface area contributed by atoms with E-state index in [1.165, 1.54) is 14.0 Å². The number of benzene rings is 1. The second kappa shape index (κ2) is 7.13. The Hall–Kier alpha value is -2.57. The van der Waals surface area contributed by atoms with Crippen LogP contribution in [0.4, 0.5) is 5.69 Å². The highest BCUT2D eigenvalue weighted by Crippen LogP contribution is 2.31. The number of anilines is 1. The number of amides is 3. The number of piperazine rings is 1. The molecule has 2 fully saturated rings. The van der Waals surface area contributed by atoms with E-state index in [0.29, 0.717) is 43.2 Å². The van der Waals surface area contributed by atoms with Gasteiger partial charge in [-0.25, -0.2) is 0 Å². The zero-order valence-corrected chi connectivity index (χ0v) is 14.6. The molecule has 1 saturated carbocycles. The molecule has 7 nitrogen and oxygen atoms in total. The number of carbonyl (C=O) groups excluding carboxylic acids is 3. The third kappa shape index (κ3) is 3.92. The average Bonchev–Trinajstić information content (AvgIpc) is 3.45. The SMILES string of the molecule is COc1ccc(NC(C)=O)cc1C(=O)N1CCN(C(=O)C2CC2)CC1. The highest BCUT2D eigenvalue weighted by Gasteiger charge is 2.35. The van der Waals surface area contributed by atoms with Crippen molar-refractivity contribution >= 4 is 23.4 Å². The monoisotopic (exact) mass is 345 g/mol. The van der Waals surface area contributed by atoms with E-state index >= 15 is 0 Å². The number of ether oxygens (including phenoxy) is 1. The maximum atomic E-state index is 12.9. The van der Waals surface area contributed by atoms with Crippen molar-refractivity contribution in [1.29, 1.82) is 0 Å². The van der Waals surface area contributed by atoms with E-state index in [1.807, 2.05) is 4.90 Å². The highest BCUT2D eigenvalue weighted by molar-refractivity contribution is 5.99. The van der Waals surface area contributed by atoms with Crippen molar-refractivity contribution in [1.82, 2.24) is 9.80 Å². The molecule has 7 heteroatoms. The van der Waals surface area contributed by atoms with Gasteiger partial charge in [-0.05, 0) is 31.0 Å². The molecule has 3 amide bonds. The first kappa shape index (κ1) is 17.3. The number of hydrogen-bond acceptors (Lipinski definition) is 4. The van der Waals surface area contributed by atoms with Gasteiger partial charge in [0, 0.05) is 44.7 Å². The van der Waals surface area contributed by atoms with Crippen molar-refractivity contribution < 1.29 is 19.1 Å². The van der Waals surface area contributed by atoms with Gasteiger partial charge in [0.05, 0.1) is 12.7 Å². The van der Waals surface area contributed by atoms with Gasteiger partial charge in [-0.3, -0.25) is 14.4 Å². The molecule has 25 heavy (non-hydrogen) atoms. The van der Waals surface area contributed by atoms with Gasteiger partial charge >= 0.3 is 0 Å². The van der Waals surface area contributed by atoms with Crippen LogP contribution < -0.4 is 10.1 Å². The Bertz CT molecular complexity index is 692. The molecule has 0 unspecified atom stereocenters. The molecule has 1 aliphatic carbocycles. The van der Waals surface area contributed by atoms with Gasteiger partial charge in [0.25, 0.3) is 5.91 Å². The lowest BCUT2D eigenvalue weighted by Gasteiger charge is -2.35. The second-order valence-electron chi connectivity index (χ2n) is 6.49. The Morgan fingerprint density at radius 3 is 2.28 bits per heavy atom. The molecule has 2 aliphatic rings. The van der Waals surface area contributed by atoms with Gasteiger partial charge in [-0.15, -0.1) is 0 Å². The molecule has 0 bridgehead atoms. The molecule has 0 spiro atoms. The predicted octanol–water partition coefficient (Wildman–Crippen LogP) is 1.35. The summed E-state index contributed by atoms with van der Waals surface area (Å²) in [5, 5.41) is 2.68. The van der Waals surface area contributed by atoms with Crippen LogP contribution >= 0.6 is 0 Å². The smallest absolute Gasteiger partial charge is 0.257 e. The maximum absolute atomic E-state index is 12.9. The first-order valence-corrected chi connectivity index (χ1v) is 8.53. The Morgan fingerprint density at radius 2 is 1.72 bits per heavy atom. The summed E-state index contributed by atoms with van der Waals surface area (Å²) in [5.74, 6) is 0.544. The first-order chi connectivity index (χ1) is 12.0. The summed E-state index contributed by atoms with van der Waals surface area (Å²) in [5.41, 5.74) is 0.968. The van der Waals surface area contributed by atoms with E-state index in [2.05, 4.69) is 5.32 Å². The normalized spacial score (nSPS) is 17.2. The highest BCUT2D eigenvalue weighted by atomic mass is 16.5. The second-order valence-corrected chi connectivity index (χ2v) is 6.49. The summed E-state index contributed by atoms with van der Waals surface area (Å²) in [7, 11) is 1.51.